The molecular formula is C24H19Cl2N5OS. The van der Waals surface area contributed by atoms with Crippen molar-refractivity contribution in [2.45, 2.75) is 12.1 Å². The summed E-state index contributed by atoms with van der Waals surface area (Å²) in [4.78, 5) is 12.3. The minimum atomic E-state index is -0.259. The van der Waals surface area contributed by atoms with Crippen molar-refractivity contribution < 1.29 is 4.79 Å². The fourth-order valence-corrected chi connectivity index (χ4v) is 4.07. The molecular weight excluding hydrogens is 477 g/mol. The molecule has 1 N–H and O–H groups in total. The van der Waals surface area contributed by atoms with Gasteiger partial charge < -0.3 is 0 Å². The number of amides is 1. The number of carbonyl (C=O) groups is 1. The Morgan fingerprint density at radius 1 is 1.03 bits per heavy atom. The average Bonchev–Trinajstić information content (AvgIpc) is 3.23. The SMILES string of the molecule is Cc1ccc(-n2c(SCC(=O)N/N=C\c3cccc(Cl)c3)nnc2-c2ccc(Cl)cc2)cc1. The second-order valence-corrected chi connectivity index (χ2v) is 8.94. The molecule has 1 aromatic heterocycles. The molecule has 0 aliphatic rings. The van der Waals surface area contributed by atoms with Crippen molar-refractivity contribution in [2.75, 3.05) is 5.75 Å². The van der Waals surface area contributed by atoms with E-state index in [4.69, 9.17) is 23.2 Å². The van der Waals surface area contributed by atoms with E-state index in [1.807, 2.05) is 72.2 Å². The van der Waals surface area contributed by atoms with Gasteiger partial charge in [-0.05, 0) is 61.0 Å². The highest BCUT2D eigenvalue weighted by molar-refractivity contribution is 7.99. The van der Waals surface area contributed by atoms with Gasteiger partial charge in [-0.25, -0.2) is 5.43 Å². The summed E-state index contributed by atoms with van der Waals surface area (Å²) in [6.45, 7) is 2.03. The number of rotatable bonds is 7. The first-order valence-electron chi connectivity index (χ1n) is 9.98. The lowest BCUT2D eigenvalue weighted by Gasteiger charge is -2.10. The summed E-state index contributed by atoms with van der Waals surface area (Å²) < 4.78 is 1.93. The number of thioether (sulfide) groups is 1. The molecule has 0 bridgehead atoms. The molecule has 0 aliphatic carbocycles. The van der Waals surface area contributed by atoms with E-state index in [1.165, 1.54) is 11.8 Å². The Balaban J connectivity index is 1.51. The van der Waals surface area contributed by atoms with Crippen molar-refractivity contribution in [3.8, 4) is 17.1 Å². The van der Waals surface area contributed by atoms with Crippen LogP contribution in [0.3, 0.4) is 0 Å². The van der Waals surface area contributed by atoms with Crippen LogP contribution in [0.25, 0.3) is 17.1 Å². The molecule has 0 spiro atoms. The van der Waals surface area contributed by atoms with Crippen LogP contribution in [0.2, 0.25) is 10.0 Å². The average molecular weight is 496 g/mol. The Morgan fingerprint density at radius 2 is 1.79 bits per heavy atom. The predicted molar refractivity (Wildman–Crippen MR) is 134 cm³/mol. The molecule has 0 atom stereocenters. The van der Waals surface area contributed by atoms with E-state index in [9.17, 15) is 4.79 Å². The first-order valence-corrected chi connectivity index (χ1v) is 11.7. The van der Waals surface area contributed by atoms with Crippen molar-refractivity contribution in [3.63, 3.8) is 0 Å². The van der Waals surface area contributed by atoms with Crippen molar-refractivity contribution in [3.05, 3.63) is 94.0 Å². The van der Waals surface area contributed by atoms with Crippen molar-refractivity contribution >= 4 is 47.1 Å². The van der Waals surface area contributed by atoms with Gasteiger partial charge in [-0.1, -0.05) is 64.8 Å². The normalized spacial score (nSPS) is 11.1. The number of hydrogen-bond donors (Lipinski definition) is 1. The summed E-state index contributed by atoms with van der Waals surface area (Å²) in [5.41, 5.74) is 6.24. The topological polar surface area (TPSA) is 72.2 Å². The number of benzene rings is 3. The summed E-state index contributed by atoms with van der Waals surface area (Å²) in [6.07, 6.45) is 1.54. The largest absolute Gasteiger partial charge is 0.272 e. The van der Waals surface area contributed by atoms with Crippen LogP contribution in [0.15, 0.2) is 83.1 Å². The predicted octanol–water partition coefficient (Wildman–Crippen LogP) is 5.79. The second-order valence-electron chi connectivity index (χ2n) is 7.12. The molecule has 1 heterocycles. The number of aromatic nitrogens is 3. The van der Waals surface area contributed by atoms with Gasteiger partial charge in [0.05, 0.1) is 12.0 Å². The molecule has 0 aliphatic heterocycles. The van der Waals surface area contributed by atoms with E-state index >= 15 is 0 Å². The summed E-state index contributed by atoms with van der Waals surface area (Å²) in [7, 11) is 0. The first-order chi connectivity index (χ1) is 16.0. The molecule has 9 heteroatoms. The summed E-state index contributed by atoms with van der Waals surface area (Å²) >= 11 is 13.3. The zero-order chi connectivity index (χ0) is 23.2. The Hall–Kier alpha value is -3.13. The summed E-state index contributed by atoms with van der Waals surface area (Å²) in [5.74, 6) is 0.527. The number of aryl methyl sites for hydroxylation is 1. The highest BCUT2D eigenvalue weighted by atomic mass is 35.5. The van der Waals surface area contributed by atoms with Crippen LogP contribution in [0.4, 0.5) is 0 Å². The molecule has 3 aromatic carbocycles. The lowest BCUT2D eigenvalue weighted by Crippen LogP contribution is -2.20. The van der Waals surface area contributed by atoms with Gasteiger partial charge in [0.25, 0.3) is 5.91 Å². The molecule has 166 valence electrons. The highest BCUT2D eigenvalue weighted by Gasteiger charge is 2.17. The van der Waals surface area contributed by atoms with Crippen molar-refractivity contribution in [2.24, 2.45) is 5.10 Å². The van der Waals surface area contributed by atoms with Crippen molar-refractivity contribution in [1.82, 2.24) is 20.2 Å². The standard InChI is InChI=1S/C24H19Cl2N5OS/c1-16-5-11-21(12-6-16)31-23(18-7-9-19(25)10-8-18)29-30-24(31)33-15-22(32)28-27-14-17-3-2-4-20(26)13-17/h2-14H,15H2,1H3,(H,28,32)/b27-14-. The van der Waals surface area contributed by atoms with Crippen LogP contribution in [0, 0.1) is 6.92 Å². The molecule has 1 amide bonds. The maximum Gasteiger partial charge on any atom is 0.250 e. The Labute approximate surface area is 205 Å². The smallest absolute Gasteiger partial charge is 0.250 e. The Bertz CT molecular complexity index is 1290. The fourth-order valence-electron chi connectivity index (χ4n) is 3.00. The molecule has 33 heavy (non-hydrogen) atoms. The van der Waals surface area contributed by atoms with E-state index in [-0.39, 0.29) is 11.7 Å². The molecule has 4 aromatic rings. The number of nitrogens with one attached hydrogen (secondary N) is 1. The van der Waals surface area contributed by atoms with Gasteiger partial charge in [0, 0.05) is 21.3 Å². The number of nitrogens with zero attached hydrogens (tertiary/aromatic N) is 4. The van der Waals surface area contributed by atoms with Gasteiger partial charge in [0.15, 0.2) is 11.0 Å². The number of halogens is 2. The van der Waals surface area contributed by atoms with Gasteiger partial charge in [0.2, 0.25) is 0 Å². The van der Waals surface area contributed by atoms with Gasteiger partial charge in [-0.2, -0.15) is 5.10 Å². The van der Waals surface area contributed by atoms with E-state index in [0.717, 1.165) is 22.4 Å². The fraction of sp³-hybridized carbons (Fsp3) is 0.0833. The zero-order valence-electron chi connectivity index (χ0n) is 17.6. The molecule has 0 saturated heterocycles. The first kappa shape index (κ1) is 23.0. The molecule has 6 nitrogen and oxygen atoms in total. The Morgan fingerprint density at radius 3 is 2.52 bits per heavy atom. The molecule has 0 fully saturated rings. The third-order valence-corrected chi connectivity index (χ3v) is 6.03. The molecule has 0 radical (unpaired) electrons. The van der Waals surface area contributed by atoms with Crippen LogP contribution < -0.4 is 5.43 Å². The van der Waals surface area contributed by atoms with Crippen LogP contribution in [-0.2, 0) is 4.79 Å². The second kappa shape index (κ2) is 10.7. The summed E-state index contributed by atoms with van der Waals surface area (Å²) in [5, 5.41) is 14.5. The third kappa shape index (κ3) is 6.01. The van der Waals surface area contributed by atoms with E-state index in [2.05, 4.69) is 20.7 Å². The van der Waals surface area contributed by atoms with Gasteiger partial charge in [-0.15, -0.1) is 10.2 Å². The third-order valence-electron chi connectivity index (χ3n) is 4.61. The van der Waals surface area contributed by atoms with Crippen LogP contribution in [0.1, 0.15) is 11.1 Å². The number of hydrogen-bond acceptors (Lipinski definition) is 5. The lowest BCUT2D eigenvalue weighted by atomic mass is 10.2. The zero-order valence-corrected chi connectivity index (χ0v) is 19.9. The van der Waals surface area contributed by atoms with Crippen molar-refractivity contribution in [1.29, 1.82) is 0 Å². The molecule has 4 rings (SSSR count). The van der Waals surface area contributed by atoms with E-state index < -0.39 is 0 Å². The van der Waals surface area contributed by atoms with Crippen LogP contribution >= 0.6 is 35.0 Å². The van der Waals surface area contributed by atoms with Gasteiger partial charge >= 0.3 is 0 Å². The lowest BCUT2D eigenvalue weighted by molar-refractivity contribution is -0.118. The minimum Gasteiger partial charge on any atom is -0.272 e. The molecule has 0 saturated carbocycles. The molecule has 0 unspecified atom stereocenters. The monoisotopic (exact) mass is 495 g/mol. The van der Waals surface area contributed by atoms with Crippen LogP contribution in [-0.4, -0.2) is 32.6 Å². The highest BCUT2D eigenvalue weighted by Crippen LogP contribution is 2.28. The quantitative estimate of drug-likeness (QED) is 0.200. The van der Waals surface area contributed by atoms with Gasteiger partial charge in [0.1, 0.15) is 0 Å². The Kier molecular flexibility index (Phi) is 7.44. The number of hydrazone groups is 1. The van der Waals surface area contributed by atoms with E-state index in [0.29, 0.717) is 21.0 Å². The number of carbonyl (C=O) groups excluding carboxylic acids is 1. The van der Waals surface area contributed by atoms with E-state index in [1.54, 1.807) is 18.3 Å². The van der Waals surface area contributed by atoms with Crippen LogP contribution in [0.5, 0.6) is 0 Å². The van der Waals surface area contributed by atoms with Gasteiger partial charge in [-0.3, -0.25) is 9.36 Å². The summed E-state index contributed by atoms with van der Waals surface area (Å²) in [6, 6.07) is 22.6. The maximum atomic E-state index is 12.3. The maximum absolute atomic E-state index is 12.3. The minimum absolute atomic E-state index is 0.123.